The molecule has 0 bridgehead atoms. The van der Waals surface area contributed by atoms with Gasteiger partial charge in [0.2, 0.25) is 0 Å². The van der Waals surface area contributed by atoms with Gasteiger partial charge >= 0.3 is 5.97 Å². The Morgan fingerprint density at radius 1 is 1.32 bits per heavy atom. The van der Waals surface area contributed by atoms with E-state index in [-0.39, 0.29) is 18.0 Å². The van der Waals surface area contributed by atoms with E-state index in [0.717, 1.165) is 0 Å². The second-order valence-electron chi connectivity index (χ2n) is 4.42. The number of ketones is 1. The molecule has 0 spiro atoms. The van der Waals surface area contributed by atoms with Crippen molar-refractivity contribution in [1.82, 2.24) is 0 Å². The zero-order valence-electron chi connectivity index (χ0n) is 11.5. The number of hydrogen-bond acceptors (Lipinski definition) is 3. The molecule has 4 heteroatoms. The summed E-state index contributed by atoms with van der Waals surface area (Å²) in [4.78, 5) is 24.0. The van der Waals surface area contributed by atoms with E-state index in [4.69, 9.17) is 4.74 Å². The minimum Gasteiger partial charge on any atom is -0.465 e. The summed E-state index contributed by atoms with van der Waals surface area (Å²) in [5.74, 6) is -2.19. The molecule has 0 aliphatic heterocycles. The molecule has 1 aromatic carbocycles. The van der Waals surface area contributed by atoms with Gasteiger partial charge in [-0.05, 0) is 31.9 Å². The van der Waals surface area contributed by atoms with Gasteiger partial charge in [-0.1, -0.05) is 25.5 Å². The van der Waals surface area contributed by atoms with Gasteiger partial charge in [0.15, 0.2) is 5.78 Å². The van der Waals surface area contributed by atoms with Crippen LogP contribution in [0.2, 0.25) is 0 Å². The van der Waals surface area contributed by atoms with Crippen molar-refractivity contribution < 1.29 is 18.7 Å². The van der Waals surface area contributed by atoms with Gasteiger partial charge in [-0.3, -0.25) is 9.59 Å². The smallest absolute Gasteiger partial charge is 0.316 e. The zero-order valence-corrected chi connectivity index (χ0v) is 11.5. The van der Waals surface area contributed by atoms with Crippen LogP contribution < -0.4 is 0 Å². The molecule has 0 fully saturated rings. The van der Waals surface area contributed by atoms with Gasteiger partial charge in [0, 0.05) is 5.56 Å². The maximum Gasteiger partial charge on any atom is 0.316 e. The second kappa shape index (κ2) is 7.02. The van der Waals surface area contributed by atoms with Crippen LogP contribution in [0.5, 0.6) is 0 Å². The zero-order chi connectivity index (χ0) is 14.4. The molecule has 1 unspecified atom stereocenters. The highest BCUT2D eigenvalue weighted by Gasteiger charge is 2.28. The molecular formula is C15H19FO3. The van der Waals surface area contributed by atoms with Crippen LogP contribution in [0.3, 0.4) is 0 Å². The van der Waals surface area contributed by atoms with E-state index in [1.54, 1.807) is 19.9 Å². The summed E-state index contributed by atoms with van der Waals surface area (Å²) >= 11 is 0. The third kappa shape index (κ3) is 3.88. The first-order chi connectivity index (χ1) is 9.01. The number of aryl methyl sites for hydroxylation is 1. The van der Waals surface area contributed by atoms with Crippen LogP contribution in [0.4, 0.5) is 4.39 Å². The molecule has 0 saturated heterocycles. The monoisotopic (exact) mass is 266 g/mol. The Morgan fingerprint density at radius 3 is 2.53 bits per heavy atom. The first kappa shape index (κ1) is 15.3. The lowest BCUT2D eigenvalue weighted by atomic mass is 9.93. The number of esters is 1. The maximum absolute atomic E-state index is 13.5. The third-order valence-electron chi connectivity index (χ3n) is 2.92. The number of hydrogen-bond donors (Lipinski definition) is 0. The van der Waals surface area contributed by atoms with Crippen molar-refractivity contribution in [2.75, 3.05) is 6.61 Å². The lowest BCUT2D eigenvalue weighted by molar-refractivity contribution is -0.146. The highest BCUT2D eigenvalue weighted by Crippen LogP contribution is 2.18. The fourth-order valence-electron chi connectivity index (χ4n) is 1.83. The fraction of sp³-hybridized carbons (Fsp3) is 0.467. The lowest BCUT2D eigenvalue weighted by Crippen LogP contribution is -2.26. The summed E-state index contributed by atoms with van der Waals surface area (Å²) in [7, 11) is 0. The number of Topliss-reactive ketones (excluding diaryl/α,β-unsaturated/α-hetero) is 1. The number of ether oxygens (including phenoxy) is 1. The Labute approximate surface area is 112 Å². The molecule has 1 aromatic rings. The molecule has 0 amide bonds. The Hall–Kier alpha value is -1.71. The molecule has 104 valence electrons. The maximum atomic E-state index is 13.5. The number of benzene rings is 1. The van der Waals surface area contributed by atoms with Crippen LogP contribution in [-0.4, -0.2) is 18.4 Å². The fourth-order valence-corrected chi connectivity index (χ4v) is 1.83. The molecule has 19 heavy (non-hydrogen) atoms. The molecule has 0 aromatic heterocycles. The second-order valence-corrected chi connectivity index (χ2v) is 4.42. The van der Waals surface area contributed by atoms with E-state index in [1.807, 2.05) is 6.92 Å². The SMILES string of the molecule is CCCC(C(=O)OCC)C(=O)c1ccc(C)c(F)c1. The van der Waals surface area contributed by atoms with Gasteiger partial charge in [0.25, 0.3) is 0 Å². The molecule has 0 heterocycles. The molecular weight excluding hydrogens is 247 g/mol. The van der Waals surface area contributed by atoms with Crippen LogP contribution in [0.15, 0.2) is 18.2 Å². The highest BCUT2D eigenvalue weighted by atomic mass is 19.1. The molecule has 0 aliphatic rings. The van der Waals surface area contributed by atoms with Gasteiger partial charge in [-0.2, -0.15) is 0 Å². The topological polar surface area (TPSA) is 43.4 Å². The van der Waals surface area contributed by atoms with E-state index in [2.05, 4.69) is 0 Å². The minimum absolute atomic E-state index is 0.217. The number of carbonyl (C=O) groups is 2. The van der Waals surface area contributed by atoms with Crippen molar-refractivity contribution in [3.63, 3.8) is 0 Å². The van der Waals surface area contributed by atoms with Crippen molar-refractivity contribution in [1.29, 1.82) is 0 Å². The number of rotatable bonds is 6. The minimum atomic E-state index is -0.841. The van der Waals surface area contributed by atoms with E-state index >= 15 is 0 Å². The predicted octanol–water partition coefficient (Wildman–Crippen LogP) is 3.30. The van der Waals surface area contributed by atoms with E-state index in [9.17, 15) is 14.0 Å². The Morgan fingerprint density at radius 2 is 2.00 bits per heavy atom. The molecule has 1 atom stereocenters. The largest absolute Gasteiger partial charge is 0.465 e. The van der Waals surface area contributed by atoms with Gasteiger partial charge in [0.1, 0.15) is 11.7 Å². The average molecular weight is 266 g/mol. The molecule has 0 radical (unpaired) electrons. The van der Waals surface area contributed by atoms with Crippen molar-refractivity contribution in [2.24, 2.45) is 5.92 Å². The number of halogens is 1. The Bertz CT molecular complexity index is 468. The predicted molar refractivity (Wildman–Crippen MR) is 70.5 cm³/mol. The van der Waals surface area contributed by atoms with Crippen molar-refractivity contribution >= 4 is 11.8 Å². The van der Waals surface area contributed by atoms with Crippen LogP contribution in [0, 0.1) is 18.7 Å². The molecule has 0 saturated carbocycles. The van der Waals surface area contributed by atoms with Crippen molar-refractivity contribution in [3.8, 4) is 0 Å². The summed E-state index contributed by atoms with van der Waals surface area (Å²) in [5, 5.41) is 0. The standard InChI is InChI=1S/C15H19FO3/c1-4-6-12(15(18)19-5-2)14(17)11-8-7-10(3)13(16)9-11/h7-9,12H,4-6H2,1-3H3. The molecule has 1 rings (SSSR count). The first-order valence-electron chi connectivity index (χ1n) is 6.48. The van der Waals surface area contributed by atoms with Crippen molar-refractivity contribution in [3.05, 3.63) is 35.1 Å². The summed E-state index contributed by atoms with van der Waals surface area (Å²) in [6, 6.07) is 4.26. The van der Waals surface area contributed by atoms with Crippen LogP contribution in [0.1, 0.15) is 42.6 Å². The highest BCUT2D eigenvalue weighted by molar-refractivity contribution is 6.08. The van der Waals surface area contributed by atoms with Crippen LogP contribution >= 0.6 is 0 Å². The van der Waals surface area contributed by atoms with Gasteiger partial charge in [-0.25, -0.2) is 4.39 Å². The van der Waals surface area contributed by atoms with Gasteiger partial charge < -0.3 is 4.74 Å². The summed E-state index contributed by atoms with van der Waals surface area (Å²) in [6.07, 6.45) is 1.09. The average Bonchev–Trinajstić information content (AvgIpc) is 2.38. The molecule has 3 nitrogen and oxygen atoms in total. The van der Waals surface area contributed by atoms with Crippen LogP contribution in [-0.2, 0) is 9.53 Å². The summed E-state index contributed by atoms with van der Waals surface area (Å²) < 4.78 is 18.4. The molecule has 0 N–H and O–H groups in total. The Kier molecular flexibility index (Phi) is 5.67. The normalized spacial score (nSPS) is 12.0. The van der Waals surface area contributed by atoms with Gasteiger partial charge in [0.05, 0.1) is 6.61 Å². The number of carbonyl (C=O) groups excluding carboxylic acids is 2. The Balaban J connectivity index is 2.98. The van der Waals surface area contributed by atoms with E-state index in [1.165, 1.54) is 12.1 Å². The van der Waals surface area contributed by atoms with E-state index < -0.39 is 17.7 Å². The quantitative estimate of drug-likeness (QED) is 0.451. The van der Waals surface area contributed by atoms with Crippen LogP contribution in [0.25, 0.3) is 0 Å². The first-order valence-corrected chi connectivity index (χ1v) is 6.48. The van der Waals surface area contributed by atoms with Gasteiger partial charge in [-0.15, -0.1) is 0 Å². The summed E-state index contributed by atoms with van der Waals surface area (Å²) in [6.45, 7) is 5.43. The van der Waals surface area contributed by atoms with E-state index in [0.29, 0.717) is 18.4 Å². The molecule has 0 aliphatic carbocycles. The van der Waals surface area contributed by atoms with Crippen molar-refractivity contribution in [2.45, 2.75) is 33.6 Å². The summed E-state index contributed by atoms with van der Waals surface area (Å²) in [5.41, 5.74) is 0.689. The third-order valence-corrected chi connectivity index (χ3v) is 2.92. The lowest BCUT2D eigenvalue weighted by Gasteiger charge is -2.14.